The van der Waals surface area contributed by atoms with Crippen LogP contribution in [0.5, 0.6) is 5.75 Å². The van der Waals surface area contributed by atoms with E-state index in [4.69, 9.17) is 14.3 Å². The maximum absolute atomic E-state index is 13.2. The number of aromatic nitrogens is 1. The molecule has 0 fully saturated rings. The van der Waals surface area contributed by atoms with E-state index in [0.29, 0.717) is 39.6 Å². The Balaban J connectivity index is 1.76. The standard InChI is InChI=1S/C25H23NO5/c1-30-15-6-10-20-19(14-15)16-7-8-17-22-18(9-11-21(31-20)23(16)22)25(29)26(24(17)28)12-4-2-3-5-13-27/h6-11,14,27H,2-5,12-13H2,1H3. The number of fused-ring (bicyclic) bond motifs is 2. The molecule has 158 valence electrons. The number of nitrogens with zero attached hydrogens (tertiary/aromatic N) is 1. The lowest BCUT2D eigenvalue weighted by atomic mass is 9.96. The molecule has 6 nitrogen and oxygen atoms in total. The van der Waals surface area contributed by atoms with E-state index in [1.165, 1.54) is 4.57 Å². The van der Waals surface area contributed by atoms with Crippen molar-refractivity contribution < 1.29 is 14.3 Å². The van der Waals surface area contributed by atoms with Gasteiger partial charge in [-0.05, 0) is 54.6 Å². The topological polar surface area (TPSA) is 81.7 Å². The van der Waals surface area contributed by atoms with Crippen LogP contribution >= 0.6 is 0 Å². The third-order valence-corrected chi connectivity index (χ3v) is 6.06. The molecule has 2 heterocycles. The molecule has 0 radical (unpaired) electrons. The SMILES string of the molecule is COc1ccc2oc3ccc4c(=O)n(CCCCCCO)c(=O)c5ccc(c2c1)c3c45. The van der Waals surface area contributed by atoms with E-state index in [2.05, 4.69) is 0 Å². The summed E-state index contributed by atoms with van der Waals surface area (Å²) in [5.74, 6) is 0.714. The van der Waals surface area contributed by atoms with Gasteiger partial charge >= 0.3 is 0 Å². The summed E-state index contributed by atoms with van der Waals surface area (Å²) in [5, 5.41) is 13.2. The van der Waals surface area contributed by atoms with Crippen molar-refractivity contribution in [1.82, 2.24) is 4.57 Å². The smallest absolute Gasteiger partial charge is 0.261 e. The van der Waals surface area contributed by atoms with Crippen molar-refractivity contribution >= 4 is 43.5 Å². The second-order valence-electron chi connectivity index (χ2n) is 7.89. The van der Waals surface area contributed by atoms with Crippen LogP contribution in [0.2, 0.25) is 0 Å². The van der Waals surface area contributed by atoms with Crippen LogP contribution < -0.4 is 15.9 Å². The van der Waals surface area contributed by atoms with Gasteiger partial charge in [0.25, 0.3) is 11.1 Å². The summed E-state index contributed by atoms with van der Waals surface area (Å²) < 4.78 is 12.8. The molecule has 0 unspecified atom stereocenters. The molecule has 31 heavy (non-hydrogen) atoms. The molecule has 0 amide bonds. The lowest BCUT2D eigenvalue weighted by Gasteiger charge is -2.14. The van der Waals surface area contributed by atoms with Gasteiger partial charge < -0.3 is 14.3 Å². The number of hydrogen-bond donors (Lipinski definition) is 1. The van der Waals surface area contributed by atoms with E-state index in [0.717, 1.165) is 41.8 Å². The highest BCUT2D eigenvalue weighted by molar-refractivity contribution is 6.26. The van der Waals surface area contributed by atoms with E-state index in [1.54, 1.807) is 13.2 Å². The fourth-order valence-corrected chi connectivity index (χ4v) is 4.51. The summed E-state index contributed by atoms with van der Waals surface area (Å²) in [6.07, 6.45) is 3.21. The van der Waals surface area contributed by atoms with E-state index in [-0.39, 0.29) is 17.7 Å². The Morgan fingerprint density at radius 1 is 0.806 bits per heavy atom. The number of aliphatic hydroxyl groups is 1. The lowest BCUT2D eigenvalue weighted by Crippen LogP contribution is -2.33. The summed E-state index contributed by atoms with van der Waals surface area (Å²) in [5.41, 5.74) is 0.834. The second kappa shape index (κ2) is 7.71. The van der Waals surface area contributed by atoms with Crippen LogP contribution in [-0.2, 0) is 6.54 Å². The molecule has 0 saturated carbocycles. The molecule has 1 N–H and O–H groups in total. The third-order valence-electron chi connectivity index (χ3n) is 6.06. The molecular weight excluding hydrogens is 394 g/mol. The fourth-order valence-electron chi connectivity index (χ4n) is 4.51. The lowest BCUT2D eigenvalue weighted by molar-refractivity contribution is 0.282. The highest BCUT2D eigenvalue weighted by Crippen LogP contribution is 2.37. The minimum absolute atomic E-state index is 0.165. The number of methoxy groups -OCH3 is 1. The number of aliphatic hydroxyl groups excluding tert-OH is 1. The van der Waals surface area contributed by atoms with Crippen LogP contribution in [-0.4, -0.2) is 23.4 Å². The van der Waals surface area contributed by atoms with Gasteiger partial charge in [-0.25, -0.2) is 0 Å². The molecule has 0 spiro atoms. The van der Waals surface area contributed by atoms with E-state index in [1.807, 2.05) is 36.4 Å². The molecule has 0 aliphatic rings. The Morgan fingerprint density at radius 3 is 2.23 bits per heavy atom. The number of pyridine rings is 1. The van der Waals surface area contributed by atoms with Crippen molar-refractivity contribution in [3.63, 3.8) is 0 Å². The summed E-state index contributed by atoms with van der Waals surface area (Å²) in [7, 11) is 1.62. The van der Waals surface area contributed by atoms with Crippen LogP contribution in [0.25, 0.3) is 43.5 Å². The summed E-state index contributed by atoms with van der Waals surface area (Å²) in [6, 6.07) is 12.9. The fraction of sp³-hybridized carbons (Fsp3) is 0.280. The average molecular weight is 417 g/mol. The van der Waals surface area contributed by atoms with Crippen molar-refractivity contribution in [2.75, 3.05) is 13.7 Å². The van der Waals surface area contributed by atoms with Gasteiger partial charge in [-0.1, -0.05) is 18.9 Å². The van der Waals surface area contributed by atoms with Gasteiger partial charge in [0.2, 0.25) is 0 Å². The summed E-state index contributed by atoms with van der Waals surface area (Å²) in [6.45, 7) is 0.544. The summed E-state index contributed by atoms with van der Waals surface area (Å²) >= 11 is 0. The molecule has 0 atom stereocenters. The first-order valence-electron chi connectivity index (χ1n) is 10.6. The molecule has 0 aliphatic heterocycles. The molecular formula is C25H23NO5. The average Bonchev–Trinajstić information content (AvgIpc) is 2.80. The van der Waals surface area contributed by atoms with Gasteiger partial charge in [-0.3, -0.25) is 14.2 Å². The number of ether oxygens (including phenoxy) is 1. The van der Waals surface area contributed by atoms with Crippen LogP contribution in [0.4, 0.5) is 0 Å². The molecule has 0 aliphatic carbocycles. The maximum Gasteiger partial charge on any atom is 0.261 e. The van der Waals surface area contributed by atoms with Gasteiger partial charge in [-0.2, -0.15) is 0 Å². The van der Waals surface area contributed by atoms with Gasteiger partial charge in [0.15, 0.2) is 0 Å². The van der Waals surface area contributed by atoms with Crippen LogP contribution in [0.1, 0.15) is 25.7 Å². The van der Waals surface area contributed by atoms with E-state index >= 15 is 0 Å². The molecule has 2 aromatic heterocycles. The first-order chi connectivity index (χ1) is 15.1. The highest BCUT2D eigenvalue weighted by atomic mass is 16.5. The zero-order valence-corrected chi connectivity index (χ0v) is 17.3. The normalized spacial score (nSPS) is 11.9. The zero-order chi connectivity index (χ0) is 21.5. The minimum atomic E-state index is -0.264. The molecule has 5 aromatic rings. The quantitative estimate of drug-likeness (QED) is 0.241. The minimum Gasteiger partial charge on any atom is -0.497 e. The number of hydrogen-bond acceptors (Lipinski definition) is 5. The molecule has 0 saturated heterocycles. The second-order valence-corrected chi connectivity index (χ2v) is 7.89. The molecule has 6 heteroatoms. The van der Waals surface area contributed by atoms with Crippen molar-refractivity contribution in [3.8, 4) is 5.75 Å². The van der Waals surface area contributed by atoms with Crippen LogP contribution in [0.3, 0.4) is 0 Å². The van der Waals surface area contributed by atoms with Crippen molar-refractivity contribution in [3.05, 3.63) is 63.2 Å². The van der Waals surface area contributed by atoms with E-state index in [9.17, 15) is 9.59 Å². The predicted molar refractivity (Wildman–Crippen MR) is 123 cm³/mol. The first-order valence-corrected chi connectivity index (χ1v) is 10.6. The Hall–Kier alpha value is -3.38. The zero-order valence-electron chi connectivity index (χ0n) is 17.3. The Labute approximate surface area is 177 Å². The predicted octanol–water partition coefficient (Wildman–Crippen LogP) is 4.41. The number of unbranched alkanes of at least 4 members (excludes halogenated alkanes) is 3. The summed E-state index contributed by atoms with van der Waals surface area (Å²) in [4.78, 5) is 26.4. The largest absolute Gasteiger partial charge is 0.497 e. The Bertz CT molecular complexity index is 1500. The highest BCUT2D eigenvalue weighted by Gasteiger charge is 2.19. The Kier molecular flexibility index (Phi) is 4.87. The molecule has 5 rings (SSSR count). The monoisotopic (exact) mass is 417 g/mol. The molecule has 0 bridgehead atoms. The maximum atomic E-state index is 13.2. The van der Waals surface area contributed by atoms with Crippen LogP contribution in [0, 0.1) is 0 Å². The van der Waals surface area contributed by atoms with Gasteiger partial charge in [0.1, 0.15) is 16.9 Å². The van der Waals surface area contributed by atoms with Gasteiger partial charge in [0, 0.05) is 40.1 Å². The third kappa shape index (κ3) is 3.06. The van der Waals surface area contributed by atoms with Crippen molar-refractivity contribution in [2.45, 2.75) is 32.2 Å². The van der Waals surface area contributed by atoms with E-state index < -0.39 is 0 Å². The van der Waals surface area contributed by atoms with Gasteiger partial charge in [0.05, 0.1) is 7.11 Å². The van der Waals surface area contributed by atoms with Gasteiger partial charge in [-0.15, -0.1) is 0 Å². The Morgan fingerprint density at radius 2 is 1.48 bits per heavy atom. The number of rotatable bonds is 7. The van der Waals surface area contributed by atoms with Crippen molar-refractivity contribution in [1.29, 1.82) is 0 Å². The first kappa shape index (κ1) is 19.6. The van der Waals surface area contributed by atoms with Crippen LogP contribution in [0.15, 0.2) is 56.5 Å². The van der Waals surface area contributed by atoms with Crippen molar-refractivity contribution in [2.24, 2.45) is 0 Å². The molecule has 3 aromatic carbocycles. The number of benzene rings is 3.